The minimum atomic E-state index is -0.434. The van der Waals surface area contributed by atoms with E-state index in [-0.39, 0.29) is 11.8 Å². The van der Waals surface area contributed by atoms with E-state index < -0.39 is 5.82 Å². The zero-order valence-corrected chi connectivity index (χ0v) is 10.3. The maximum absolute atomic E-state index is 13.1. The SMILES string of the molecule is O=C(Nc1cc(F)cc(Cl)c1)C1CCCCC1. The molecule has 0 radical (unpaired) electrons. The lowest BCUT2D eigenvalue weighted by Gasteiger charge is -2.20. The molecular weight excluding hydrogens is 241 g/mol. The molecule has 1 aromatic carbocycles. The van der Waals surface area contributed by atoms with E-state index in [1.54, 1.807) is 6.07 Å². The summed E-state index contributed by atoms with van der Waals surface area (Å²) in [5.41, 5.74) is 0.436. The van der Waals surface area contributed by atoms with Crippen LogP contribution >= 0.6 is 11.6 Å². The topological polar surface area (TPSA) is 29.1 Å². The number of nitrogens with one attached hydrogen (secondary N) is 1. The van der Waals surface area contributed by atoms with E-state index in [1.807, 2.05) is 0 Å². The fourth-order valence-electron chi connectivity index (χ4n) is 2.24. The quantitative estimate of drug-likeness (QED) is 0.850. The molecule has 1 amide bonds. The minimum absolute atomic E-state index is 0.0219. The van der Waals surface area contributed by atoms with Crippen LogP contribution in [0.2, 0.25) is 5.02 Å². The molecular formula is C13H15ClFNO. The highest BCUT2D eigenvalue weighted by atomic mass is 35.5. The molecule has 4 heteroatoms. The molecule has 1 saturated carbocycles. The van der Waals surface area contributed by atoms with Crippen molar-refractivity contribution in [1.82, 2.24) is 0 Å². The Labute approximate surface area is 105 Å². The Morgan fingerprint density at radius 2 is 1.94 bits per heavy atom. The number of amides is 1. The summed E-state index contributed by atoms with van der Waals surface area (Å²) in [5, 5.41) is 3.03. The van der Waals surface area contributed by atoms with Crippen LogP contribution in [0.5, 0.6) is 0 Å². The van der Waals surface area contributed by atoms with E-state index in [4.69, 9.17) is 11.6 Å². The Morgan fingerprint density at radius 1 is 1.24 bits per heavy atom. The first-order valence-electron chi connectivity index (χ1n) is 5.92. The maximum atomic E-state index is 13.1. The molecule has 0 spiro atoms. The van der Waals surface area contributed by atoms with Gasteiger partial charge in [-0.2, -0.15) is 0 Å². The van der Waals surface area contributed by atoms with Gasteiger partial charge in [0, 0.05) is 16.6 Å². The number of hydrogen-bond acceptors (Lipinski definition) is 1. The summed E-state index contributed by atoms with van der Waals surface area (Å²) in [5.74, 6) is -0.395. The standard InChI is InChI=1S/C13H15ClFNO/c14-10-6-11(15)8-12(7-10)16-13(17)9-4-2-1-3-5-9/h6-9H,1-5H2,(H,16,17). The zero-order valence-electron chi connectivity index (χ0n) is 9.51. The van der Waals surface area contributed by atoms with Crippen molar-refractivity contribution in [2.45, 2.75) is 32.1 Å². The highest BCUT2D eigenvalue weighted by molar-refractivity contribution is 6.30. The summed E-state index contributed by atoms with van der Waals surface area (Å²) in [6.45, 7) is 0. The molecule has 1 fully saturated rings. The summed E-state index contributed by atoms with van der Waals surface area (Å²) < 4.78 is 13.1. The van der Waals surface area contributed by atoms with Gasteiger partial charge in [0.15, 0.2) is 0 Å². The van der Waals surface area contributed by atoms with E-state index in [0.717, 1.165) is 25.7 Å². The van der Waals surface area contributed by atoms with Crippen molar-refractivity contribution in [2.75, 3.05) is 5.32 Å². The maximum Gasteiger partial charge on any atom is 0.227 e. The molecule has 92 valence electrons. The Morgan fingerprint density at radius 3 is 2.59 bits per heavy atom. The van der Waals surface area contributed by atoms with Crippen LogP contribution in [-0.4, -0.2) is 5.91 Å². The molecule has 0 saturated heterocycles. The third-order valence-corrected chi connectivity index (χ3v) is 3.32. The number of carbonyl (C=O) groups excluding carboxylic acids is 1. The van der Waals surface area contributed by atoms with Gasteiger partial charge in [0.2, 0.25) is 5.91 Å². The second-order valence-electron chi connectivity index (χ2n) is 4.48. The third kappa shape index (κ3) is 3.43. The molecule has 1 N–H and O–H groups in total. The normalized spacial score (nSPS) is 16.8. The van der Waals surface area contributed by atoms with Crippen LogP contribution in [0.15, 0.2) is 18.2 Å². The molecule has 2 nitrogen and oxygen atoms in total. The fourth-order valence-corrected chi connectivity index (χ4v) is 2.46. The minimum Gasteiger partial charge on any atom is -0.326 e. The van der Waals surface area contributed by atoms with Gasteiger partial charge in [-0.15, -0.1) is 0 Å². The summed E-state index contributed by atoms with van der Waals surface area (Å²) >= 11 is 5.73. The molecule has 0 aromatic heterocycles. The van der Waals surface area contributed by atoms with Gasteiger partial charge >= 0.3 is 0 Å². The molecule has 0 unspecified atom stereocenters. The predicted molar refractivity (Wildman–Crippen MR) is 66.6 cm³/mol. The van der Waals surface area contributed by atoms with Crippen molar-refractivity contribution in [3.05, 3.63) is 29.0 Å². The molecule has 0 aliphatic heterocycles. The average molecular weight is 256 g/mol. The van der Waals surface area contributed by atoms with Crippen LogP contribution in [0.4, 0.5) is 10.1 Å². The van der Waals surface area contributed by atoms with Gasteiger partial charge in [-0.3, -0.25) is 4.79 Å². The summed E-state index contributed by atoms with van der Waals surface area (Å²) in [4.78, 5) is 11.9. The lowest BCUT2D eigenvalue weighted by molar-refractivity contribution is -0.120. The molecule has 0 atom stereocenters. The number of benzene rings is 1. The Bertz CT molecular complexity index is 396. The van der Waals surface area contributed by atoms with E-state index in [1.165, 1.54) is 18.6 Å². The van der Waals surface area contributed by atoms with Crippen LogP contribution in [0.1, 0.15) is 32.1 Å². The number of anilines is 1. The summed E-state index contributed by atoms with van der Waals surface area (Å²) in [7, 11) is 0. The second kappa shape index (κ2) is 5.50. The van der Waals surface area contributed by atoms with Gasteiger partial charge in [-0.1, -0.05) is 30.9 Å². The van der Waals surface area contributed by atoms with E-state index >= 15 is 0 Å². The Balaban J connectivity index is 2.01. The highest BCUT2D eigenvalue weighted by Gasteiger charge is 2.21. The third-order valence-electron chi connectivity index (χ3n) is 3.11. The van der Waals surface area contributed by atoms with Gasteiger partial charge in [-0.25, -0.2) is 4.39 Å². The molecule has 1 aromatic rings. The van der Waals surface area contributed by atoms with Gasteiger partial charge in [0.25, 0.3) is 0 Å². The first-order chi connectivity index (χ1) is 8.15. The van der Waals surface area contributed by atoms with Gasteiger partial charge in [0.05, 0.1) is 0 Å². The van der Waals surface area contributed by atoms with E-state index in [9.17, 15) is 9.18 Å². The molecule has 17 heavy (non-hydrogen) atoms. The molecule has 2 rings (SSSR count). The second-order valence-corrected chi connectivity index (χ2v) is 4.92. The predicted octanol–water partition coefficient (Wildman–Crippen LogP) is 4.00. The Hall–Kier alpha value is -1.09. The summed E-state index contributed by atoms with van der Waals surface area (Å²) in [6, 6.07) is 4.07. The number of hydrogen-bond donors (Lipinski definition) is 1. The van der Waals surface area contributed by atoms with Crippen LogP contribution in [0.3, 0.4) is 0 Å². The fraction of sp³-hybridized carbons (Fsp3) is 0.462. The van der Waals surface area contributed by atoms with Crippen LogP contribution in [0.25, 0.3) is 0 Å². The average Bonchev–Trinajstić information content (AvgIpc) is 2.28. The van der Waals surface area contributed by atoms with Crippen molar-refractivity contribution in [3.63, 3.8) is 0 Å². The smallest absolute Gasteiger partial charge is 0.227 e. The van der Waals surface area contributed by atoms with Gasteiger partial charge < -0.3 is 5.32 Å². The van der Waals surface area contributed by atoms with E-state index in [0.29, 0.717) is 10.7 Å². The van der Waals surface area contributed by atoms with Crippen LogP contribution < -0.4 is 5.32 Å². The largest absolute Gasteiger partial charge is 0.326 e. The first-order valence-corrected chi connectivity index (χ1v) is 6.30. The van der Waals surface area contributed by atoms with Crippen molar-refractivity contribution in [3.8, 4) is 0 Å². The highest BCUT2D eigenvalue weighted by Crippen LogP contribution is 2.25. The number of halogens is 2. The van der Waals surface area contributed by atoms with Crippen LogP contribution in [-0.2, 0) is 4.79 Å². The lowest BCUT2D eigenvalue weighted by atomic mass is 9.88. The van der Waals surface area contributed by atoms with Crippen molar-refractivity contribution in [2.24, 2.45) is 5.92 Å². The zero-order chi connectivity index (χ0) is 12.3. The van der Waals surface area contributed by atoms with Crippen LogP contribution in [0, 0.1) is 11.7 Å². The Kier molecular flexibility index (Phi) is 4.00. The van der Waals surface area contributed by atoms with Crippen molar-refractivity contribution < 1.29 is 9.18 Å². The first kappa shape index (κ1) is 12.4. The lowest BCUT2D eigenvalue weighted by Crippen LogP contribution is -2.24. The van der Waals surface area contributed by atoms with Crippen molar-refractivity contribution >= 4 is 23.2 Å². The summed E-state index contributed by atoms with van der Waals surface area (Å²) in [6.07, 6.45) is 5.25. The van der Waals surface area contributed by atoms with Gasteiger partial charge in [0.1, 0.15) is 5.82 Å². The molecule has 0 heterocycles. The van der Waals surface area contributed by atoms with Crippen molar-refractivity contribution in [1.29, 1.82) is 0 Å². The van der Waals surface area contributed by atoms with Gasteiger partial charge in [-0.05, 0) is 31.0 Å². The number of rotatable bonds is 2. The molecule has 1 aliphatic carbocycles. The monoisotopic (exact) mass is 255 g/mol. The van der Waals surface area contributed by atoms with E-state index in [2.05, 4.69) is 5.32 Å². The number of carbonyl (C=O) groups is 1. The molecule has 0 bridgehead atoms. The molecule has 1 aliphatic rings.